The second-order valence-electron chi connectivity index (χ2n) is 6.57. The van der Waals surface area contributed by atoms with Crippen molar-refractivity contribution in [2.24, 2.45) is 7.05 Å². The Hall–Kier alpha value is -3.62. The Morgan fingerprint density at radius 2 is 1.97 bits per heavy atom. The molecule has 2 aromatic carbocycles. The largest absolute Gasteiger partial charge is 0.493 e. The smallest absolute Gasteiger partial charge is 0.322 e. The fourth-order valence-corrected chi connectivity index (χ4v) is 2.66. The molecule has 0 atom stereocenters. The zero-order valence-electron chi connectivity index (χ0n) is 16.6. The lowest BCUT2D eigenvalue weighted by atomic mass is 10.2. The van der Waals surface area contributed by atoms with Gasteiger partial charge in [0, 0.05) is 26.4 Å². The number of halogens is 1. The average molecular weight is 399 g/mol. The van der Waals surface area contributed by atoms with E-state index in [1.807, 2.05) is 19.1 Å². The highest BCUT2D eigenvalue weighted by Gasteiger charge is 2.16. The number of benzene rings is 2. The lowest BCUT2D eigenvalue weighted by molar-refractivity contribution is 0.220. The molecule has 29 heavy (non-hydrogen) atoms. The van der Waals surface area contributed by atoms with Crippen molar-refractivity contribution >= 4 is 11.7 Å². The van der Waals surface area contributed by atoms with Gasteiger partial charge in [-0.25, -0.2) is 9.18 Å². The number of hydrogen-bond acceptors (Lipinski definition) is 5. The molecule has 0 radical (unpaired) electrons. The van der Waals surface area contributed by atoms with E-state index in [-0.39, 0.29) is 18.0 Å². The van der Waals surface area contributed by atoms with Gasteiger partial charge in [0.25, 0.3) is 0 Å². The standard InChI is InChI=1S/C20H22FN5O3/c1-13-5-7-18(19(9-13)28-4)29-17-8-6-14(21)10-16(17)22-20(27)25(2)11-15-12-26(3)24-23-15/h5-10,12H,11H2,1-4H3,(H,22,27). The first-order chi connectivity index (χ1) is 13.9. The highest BCUT2D eigenvalue weighted by Crippen LogP contribution is 2.36. The van der Waals surface area contributed by atoms with Gasteiger partial charge in [-0.3, -0.25) is 4.68 Å². The number of anilines is 1. The number of methoxy groups -OCH3 is 1. The van der Waals surface area contributed by atoms with E-state index in [4.69, 9.17) is 9.47 Å². The third-order valence-corrected chi connectivity index (χ3v) is 4.12. The molecule has 0 spiro atoms. The van der Waals surface area contributed by atoms with Gasteiger partial charge in [-0.15, -0.1) is 5.10 Å². The van der Waals surface area contributed by atoms with Crippen LogP contribution in [-0.4, -0.2) is 40.1 Å². The van der Waals surface area contributed by atoms with Gasteiger partial charge in [-0.1, -0.05) is 11.3 Å². The molecule has 3 rings (SSSR count). The van der Waals surface area contributed by atoms with Crippen LogP contribution in [0.15, 0.2) is 42.6 Å². The van der Waals surface area contributed by atoms with Gasteiger partial charge in [0.15, 0.2) is 17.2 Å². The summed E-state index contributed by atoms with van der Waals surface area (Å²) in [7, 11) is 4.88. The molecule has 0 aliphatic carbocycles. The number of hydrogen-bond donors (Lipinski definition) is 1. The minimum Gasteiger partial charge on any atom is -0.493 e. The van der Waals surface area contributed by atoms with E-state index >= 15 is 0 Å². The summed E-state index contributed by atoms with van der Waals surface area (Å²) in [4.78, 5) is 14.0. The first-order valence-electron chi connectivity index (χ1n) is 8.85. The molecule has 9 heteroatoms. The summed E-state index contributed by atoms with van der Waals surface area (Å²) < 4.78 is 26.6. The van der Waals surface area contributed by atoms with E-state index in [0.717, 1.165) is 5.56 Å². The van der Waals surface area contributed by atoms with Crippen LogP contribution < -0.4 is 14.8 Å². The number of carbonyl (C=O) groups excluding carboxylic acids is 1. The maximum absolute atomic E-state index is 13.8. The summed E-state index contributed by atoms with van der Waals surface area (Å²) in [6.07, 6.45) is 1.71. The Balaban J connectivity index is 1.79. The Labute approximate surface area is 167 Å². The Bertz CT molecular complexity index is 1020. The number of nitrogens with one attached hydrogen (secondary N) is 1. The first kappa shape index (κ1) is 20.1. The fraction of sp³-hybridized carbons (Fsp3) is 0.250. The molecular formula is C20H22FN5O3. The molecule has 0 aliphatic heterocycles. The number of nitrogens with zero attached hydrogens (tertiary/aromatic N) is 4. The van der Waals surface area contributed by atoms with Crippen LogP contribution in [0, 0.1) is 12.7 Å². The average Bonchev–Trinajstić information content (AvgIpc) is 3.09. The van der Waals surface area contributed by atoms with Gasteiger partial charge in [0.1, 0.15) is 11.5 Å². The second-order valence-corrected chi connectivity index (χ2v) is 6.57. The van der Waals surface area contributed by atoms with Crippen LogP contribution >= 0.6 is 0 Å². The van der Waals surface area contributed by atoms with Crippen LogP contribution in [0.25, 0.3) is 0 Å². The summed E-state index contributed by atoms with van der Waals surface area (Å²) in [5, 5.41) is 10.5. The van der Waals surface area contributed by atoms with Crippen LogP contribution in [-0.2, 0) is 13.6 Å². The van der Waals surface area contributed by atoms with Crippen molar-refractivity contribution in [1.29, 1.82) is 0 Å². The maximum Gasteiger partial charge on any atom is 0.322 e. The quantitative estimate of drug-likeness (QED) is 0.683. The van der Waals surface area contributed by atoms with Crippen LogP contribution in [0.1, 0.15) is 11.3 Å². The van der Waals surface area contributed by atoms with E-state index < -0.39 is 11.8 Å². The minimum atomic E-state index is -0.500. The predicted molar refractivity (Wildman–Crippen MR) is 106 cm³/mol. The van der Waals surface area contributed by atoms with Gasteiger partial charge in [0.2, 0.25) is 0 Å². The van der Waals surface area contributed by atoms with Crippen molar-refractivity contribution < 1.29 is 18.7 Å². The first-order valence-corrected chi connectivity index (χ1v) is 8.85. The number of carbonyl (C=O) groups is 1. The van der Waals surface area contributed by atoms with Gasteiger partial charge < -0.3 is 19.7 Å². The number of aryl methyl sites for hydroxylation is 2. The molecule has 1 N–H and O–H groups in total. The van der Waals surface area contributed by atoms with Crippen molar-refractivity contribution in [3.8, 4) is 17.2 Å². The molecule has 8 nitrogen and oxygen atoms in total. The Kier molecular flexibility index (Phi) is 5.96. The third kappa shape index (κ3) is 5.01. The van der Waals surface area contributed by atoms with Crippen molar-refractivity contribution in [3.05, 3.63) is 59.7 Å². The van der Waals surface area contributed by atoms with Gasteiger partial charge in [-0.05, 0) is 36.8 Å². The summed E-state index contributed by atoms with van der Waals surface area (Å²) in [6, 6.07) is 8.91. The van der Waals surface area contributed by atoms with Crippen LogP contribution in [0.3, 0.4) is 0 Å². The molecule has 0 aliphatic rings. The van der Waals surface area contributed by atoms with E-state index in [1.165, 1.54) is 30.2 Å². The van der Waals surface area contributed by atoms with Crippen molar-refractivity contribution in [1.82, 2.24) is 19.9 Å². The Morgan fingerprint density at radius 1 is 1.21 bits per heavy atom. The lowest BCUT2D eigenvalue weighted by Gasteiger charge is -2.19. The van der Waals surface area contributed by atoms with Gasteiger partial charge >= 0.3 is 6.03 Å². The molecule has 0 saturated heterocycles. The SMILES string of the molecule is COc1cc(C)ccc1Oc1ccc(F)cc1NC(=O)N(C)Cc1cn(C)nn1. The molecule has 2 amide bonds. The molecule has 0 unspecified atom stereocenters. The molecule has 1 heterocycles. The topological polar surface area (TPSA) is 81.5 Å². The van der Waals surface area contributed by atoms with Crippen LogP contribution in [0.5, 0.6) is 17.2 Å². The highest BCUT2D eigenvalue weighted by molar-refractivity contribution is 5.90. The summed E-state index contributed by atoms with van der Waals surface area (Å²) >= 11 is 0. The number of ether oxygens (including phenoxy) is 2. The second kappa shape index (κ2) is 8.59. The molecule has 1 aromatic heterocycles. The van der Waals surface area contributed by atoms with E-state index in [9.17, 15) is 9.18 Å². The Morgan fingerprint density at radius 3 is 2.66 bits per heavy atom. The molecule has 3 aromatic rings. The zero-order valence-corrected chi connectivity index (χ0v) is 16.6. The fourth-order valence-electron chi connectivity index (χ4n) is 2.66. The number of amides is 2. The molecule has 0 saturated carbocycles. The minimum absolute atomic E-state index is 0.198. The summed E-state index contributed by atoms with van der Waals surface area (Å²) in [6.45, 7) is 2.18. The van der Waals surface area contributed by atoms with E-state index in [2.05, 4.69) is 15.6 Å². The summed E-state index contributed by atoms with van der Waals surface area (Å²) in [5.74, 6) is 0.773. The van der Waals surface area contributed by atoms with Crippen molar-refractivity contribution in [2.45, 2.75) is 13.5 Å². The monoisotopic (exact) mass is 399 g/mol. The van der Waals surface area contributed by atoms with Crippen molar-refractivity contribution in [2.75, 3.05) is 19.5 Å². The summed E-state index contributed by atoms with van der Waals surface area (Å²) in [5.41, 5.74) is 1.83. The highest BCUT2D eigenvalue weighted by atomic mass is 19.1. The number of aromatic nitrogens is 3. The van der Waals surface area contributed by atoms with Crippen LogP contribution in [0.4, 0.5) is 14.9 Å². The number of urea groups is 1. The molecule has 0 fully saturated rings. The van der Waals surface area contributed by atoms with E-state index in [1.54, 1.807) is 31.0 Å². The molecular weight excluding hydrogens is 377 g/mol. The zero-order chi connectivity index (χ0) is 21.0. The van der Waals surface area contributed by atoms with Gasteiger partial charge in [-0.2, -0.15) is 0 Å². The third-order valence-electron chi connectivity index (χ3n) is 4.12. The number of rotatable bonds is 6. The predicted octanol–water partition coefficient (Wildman–Crippen LogP) is 3.73. The van der Waals surface area contributed by atoms with E-state index in [0.29, 0.717) is 17.2 Å². The van der Waals surface area contributed by atoms with Crippen molar-refractivity contribution in [3.63, 3.8) is 0 Å². The maximum atomic E-state index is 13.8. The normalized spacial score (nSPS) is 10.5. The molecule has 152 valence electrons. The van der Waals surface area contributed by atoms with Gasteiger partial charge in [0.05, 0.1) is 19.3 Å². The lowest BCUT2D eigenvalue weighted by Crippen LogP contribution is -2.31. The van der Waals surface area contributed by atoms with Crippen LogP contribution in [0.2, 0.25) is 0 Å². The molecule has 0 bridgehead atoms.